The Labute approximate surface area is 156 Å². The lowest BCUT2D eigenvalue weighted by atomic mass is 9.47. The van der Waals surface area contributed by atoms with Gasteiger partial charge < -0.3 is 0 Å². The highest BCUT2D eigenvalue weighted by Crippen LogP contribution is 2.63. The van der Waals surface area contributed by atoms with Crippen molar-refractivity contribution in [3.05, 3.63) is 0 Å². The molecule has 4 aliphatic carbocycles. The van der Waals surface area contributed by atoms with Gasteiger partial charge in [0.1, 0.15) is 0 Å². The quantitative estimate of drug-likeness (QED) is 0.451. The predicted molar refractivity (Wildman–Crippen MR) is 104 cm³/mol. The topological polar surface area (TPSA) is 12.5 Å². The summed E-state index contributed by atoms with van der Waals surface area (Å²) in [5.74, 6) is 4.01. The maximum Gasteiger partial charge on any atom is 0.0812 e. The molecule has 144 valence electrons. The van der Waals surface area contributed by atoms with Crippen LogP contribution in [0.5, 0.6) is 0 Å². The van der Waals surface area contributed by atoms with E-state index in [0.29, 0.717) is 11.6 Å². The minimum absolute atomic E-state index is 0.429. The van der Waals surface area contributed by atoms with E-state index in [1.165, 1.54) is 89.9 Å². The molecule has 1 spiro atoms. The predicted octanol–water partition coefficient (Wildman–Crippen LogP) is 6.35. The number of unbranched alkanes of at least 4 members (excludes halogenated alkanes) is 7. The molecular weight excluding hydrogens is 306 g/mol. The normalized spacial score (nSPS) is 42.7. The fraction of sp³-hybridized carbons (Fsp3) is 1.00. The molecule has 4 saturated carbocycles. The third-order valence-corrected chi connectivity index (χ3v) is 8.38. The van der Waals surface area contributed by atoms with Gasteiger partial charge in [0.05, 0.1) is 11.6 Å². The molecule has 25 heavy (non-hydrogen) atoms. The van der Waals surface area contributed by atoms with E-state index in [0.717, 1.165) is 23.7 Å². The second-order valence-corrected chi connectivity index (χ2v) is 9.99. The van der Waals surface area contributed by atoms with E-state index in [-0.39, 0.29) is 0 Å². The van der Waals surface area contributed by atoms with Gasteiger partial charge in [-0.25, -0.2) is 0 Å². The number of hydrogen-bond acceptors (Lipinski definition) is 2. The molecule has 1 heterocycles. The largest absolute Gasteiger partial charge is 0.295 e. The summed E-state index contributed by atoms with van der Waals surface area (Å²) in [5, 5.41) is 2.38. The van der Waals surface area contributed by atoms with Crippen molar-refractivity contribution in [1.29, 1.82) is 0 Å². The van der Waals surface area contributed by atoms with Crippen molar-refractivity contribution in [1.82, 2.24) is 5.06 Å². The molecule has 1 aliphatic heterocycles. The minimum Gasteiger partial charge on any atom is -0.295 e. The highest BCUT2D eigenvalue weighted by molar-refractivity contribution is 5.12. The lowest BCUT2D eigenvalue weighted by Crippen LogP contribution is -2.62. The van der Waals surface area contributed by atoms with Gasteiger partial charge in [-0.3, -0.25) is 4.84 Å². The van der Waals surface area contributed by atoms with Crippen LogP contribution in [0.4, 0.5) is 0 Å². The number of rotatable bonds is 9. The summed E-state index contributed by atoms with van der Waals surface area (Å²) in [6.45, 7) is 2.30. The van der Waals surface area contributed by atoms with Gasteiger partial charge in [-0.15, -0.1) is 0 Å². The Hall–Kier alpha value is -0.0800. The van der Waals surface area contributed by atoms with Gasteiger partial charge in [-0.1, -0.05) is 58.3 Å². The first-order valence-corrected chi connectivity index (χ1v) is 11.6. The van der Waals surface area contributed by atoms with Crippen LogP contribution in [0.1, 0.15) is 103 Å². The molecule has 0 N–H and O–H groups in total. The summed E-state index contributed by atoms with van der Waals surface area (Å²) in [7, 11) is 2.27. The Morgan fingerprint density at radius 1 is 0.800 bits per heavy atom. The van der Waals surface area contributed by atoms with Crippen molar-refractivity contribution in [3.8, 4) is 0 Å². The van der Waals surface area contributed by atoms with E-state index >= 15 is 0 Å². The maximum absolute atomic E-state index is 6.43. The highest BCUT2D eigenvalue weighted by atomic mass is 16.7. The third kappa shape index (κ3) is 3.55. The summed E-state index contributed by atoms with van der Waals surface area (Å²) in [4.78, 5) is 6.43. The maximum atomic E-state index is 6.43. The van der Waals surface area contributed by atoms with Gasteiger partial charge in [0, 0.05) is 7.05 Å². The highest BCUT2D eigenvalue weighted by Gasteiger charge is 2.62. The van der Waals surface area contributed by atoms with Crippen LogP contribution >= 0.6 is 0 Å². The minimum atomic E-state index is 0.429. The molecular formula is C23H41NO. The molecule has 5 fully saturated rings. The standard InChI is InChI=1S/C23H41NO/c1-3-4-5-6-7-8-9-10-11-22-17-23(24(2)25-22)20-13-18-12-19(15-20)16-21(23)14-18/h18-22H,3-17H2,1-2H3. The molecule has 1 saturated heterocycles. The lowest BCUT2D eigenvalue weighted by Gasteiger charge is -2.61. The Morgan fingerprint density at radius 2 is 1.36 bits per heavy atom. The summed E-state index contributed by atoms with van der Waals surface area (Å²) >= 11 is 0. The van der Waals surface area contributed by atoms with Crippen molar-refractivity contribution in [2.75, 3.05) is 7.05 Å². The zero-order valence-electron chi connectivity index (χ0n) is 16.8. The Bertz CT molecular complexity index is 406. The molecule has 0 aromatic carbocycles. The molecule has 1 unspecified atom stereocenters. The molecule has 0 amide bonds. The molecule has 0 aromatic heterocycles. The summed E-state index contributed by atoms with van der Waals surface area (Å²) < 4.78 is 0. The van der Waals surface area contributed by atoms with E-state index in [1.807, 2.05) is 0 Å². The van der Waals surface area contributed by atoms with Crippen molar-refractivity contribution in [2.24, 2.45) is 23.7 Å². The van der Waals surface area contributed by atoms with Crippen LogP contribution in [0.25, 0.3) is 0 Å². The van der Waals surface area contributed by atoms with Crippen LogP contribution in [0.2, 0.25) is 0 Å². The second-order valence-electron chi connectivity index (χ2n) is 9.99. The smallest absolute Gasteiger partial charge is 0.0812 e. The summed E-state index contributed by atoms with van der Waals surface area (Å²) in [6.07, 6.45) is 22.1. The van der Waals surface area contributed by atoms with Crippen LogP contribution in [0, 0.1) is 23.7 Å². The summed E-state index contributed by atoms with van der Waals surface area (Å²) in [6, 6.07) is 0. The van der Waals surface area contributed by atoms with E-state index in [4.69, 9.17) is 4.84 Å². The average molecular weight is 348 g/mol. The van der Waals surface area contributed by atoms with E-state index < -0.39 is 0 Å². The van der Waals surface area contributed by atoms with Crippen LogP contribution in [-0.4, -0.2) is 23.8 Å². The van der Waals surface area contributed by atoms with Gasteiger partial charge in [0.2, 0.25) is 0 Å². The molecule has 2 heteroatoms. The van der Waals surface area contributed by atoms with Crippen LogP contribution in [0.15, 0.2) is 0 Å². The van der Waals surface area contributed by atoms with E-state index in [2.05, 4.69) is 19.0 Å². The van der Waals surface area contributed by atoms with Gasteiger partial charge >= 0.3 is 0 Å². The van der Waals surface area contributed by atoms with Gasteiger partial charge in [0.15, 0.2) is 0 Å². The number of hydrogen-bond donors (Lipinski definition) is 0. The molecule has 5 rings (SSSR count). The fourth-order valence-electron chi connectivity index (χ4n) is 7.36. The molecule has 0 aromatic rings. The molecule has 1 atom stereocenters. The van der Waals surface area contributed by atoms with Gasteiger partial charge in [-0.2, -0.15) is 5.06 Å². The van der Waals surface area contributed by atoms with Crippen LogP contribution < -0.4 is 0 Å². The zero-order chi connectivity index (χ0) is 17.3. The molecule has 4 bridgehead atoms. The molecule has 2 nitrogen and oxygen atoms in total. The SMILES string of the molecule is CCCCCCCCCCC1CC2(C3CC4CC(C3)CC2C4)N(C)O1. The van der Waals surface area contributed by atoms with Crippen LogP contribution in [-0.2, 0) is 4.84 Å². The molecule has 0 radical (unpaired) electrons. The number of hydroxylamine groups is 2. The third-order valence-electron chi connectivity index (χ3n) is 8.38. The van der Waals surface area contributed by atoms with Gasteiger partial charge in [-0.05, 0) is 68.6 Å². The van der Waals surface area contributed by atoms with E-state index in [1.54, 1.807) is 6.42 Å². The number of nitrogens with zero attached hydrogens (tertiary/aromatic N) is 1. The van der Waals surface area contributed by atoms with Crippen molar-refractivity contribution >= 4 is 0 Å². The first-order chi connectivity index (χ1) is 12.2. The fourth-order valence-corrected chi connectivity index (χ4v) is 7.36. The molecule has 5 aliphatic rings. The monoisotopic (exact) mass is 347 g/mol. The summed E-state index contributed by atoms with van der Waals surface area (Å²) in [5.41, 5.74) is 0.429. The van der Waals surface area contributed by atoms with Crippen molar-refractivity contribution in [2.45, 2.75) is 115 Å². The first-order valence-electron chi connectivity index (χ1n) is 11.6. The first kappa shape index (κ1) is 18.3. The van der Waals surface area contributed by atoms with Crippen molar-refractivity contribution in [3.63, 3.8) is 0 Å². The second kappa shape index (κ2) is 7.89. The zero-order valence-corrected chi connectivity index (χ0v) is 16.8. The average Bonchev–Trinajstić information content (AvgIpc) is 2.92. The van der Waals surface area contributed by atoms with Crippen molar-refractivity contribution < 1.29 is 4.84 Å². The lowest BCUT2D eigenvalue weighted by molar-refractivity contribution is -0.228. The van der Waals surface area contributed by atoms with Gasteiger partial charge in [0.25, 0.3) is 0 Å². The van der Waals surface area contributed by atoms with Crippen LogP contribution in [0.3, 0.4) is 0 Å². The Kier molecular flexibility index (Phi) is 5.77. The Morgan fingerprint density at radius 3 is 1.96 bits per heavy atom. The Balaban J connectivity index is 1.21. The van der Waals surface area contributed by atoms with E-state index in [9.17, 15) is 0 Å².